The molecule has 1 saturated heterocycles. The zero-order chi connectivity index (χ0) is 14.5. The van der Waals surface area contributed by atoms with E-state index in [1.54, 1.807) is 31.2 Å². The van der Waals surface area contributed by atoms with Gasteiger partial charge in [-0.05, 0) is 37.1 Å². The van der Waals surface area contributed by atoms with Gasteiger partial charge in [-0.3, -0.25) is 9.59 Å². The fourth-order valence-corrected chi connectivity index (χ4v) is 2.37. The number of nitrogens with two attached hydrogens (primary N) is 1. The van der Waals surface area contributed by atoms with Crippen molar-refractivity contribution >= 4 is 17.5 Å². The number of anilines is 1. The zero-order valence-electron chi connectivity index (χ0n) is 11.8. The summed E-state index contributed by atoms with van der Waals surface area (Å²) in [6, 6.07) is 7.08. The molecule has 1 aromatic rings. The van der Waals surface area contributed by atoms with E-state index in [0.717, 1.165) is 19.5 Å². The van der Waals surface area contributed by atoms with E-state index in [2.05, 4.69) is 5.32 Å². The van der Waals surface area contributed by atoms with E-state index in [-0.39, 0.29) is 11.8 Å². The van der Waals surface area contributed by atoms with Crippen molar-refractivity contribution in [3.8, 4) is 0 Å². The first kappa shape index (κ1) is 14.5. The van der Waals surface area contributed by atoms with E-state index in [9.17, 15) is 9.59 Å². The lowest BCUT2D eigenvalue weighted by Crippen LogP contribution is -2.29. The summed E-state index contributed by atoms with van der Waals surface area (Å²) >= 11 is 0. The molecule has 1 unspecified atom stereocenters. The van der Waals surface area contributed by atoms with Crippen molar-refractivity contribution < 1.29 is 9.59 Å². The fraction of sp³-hybridized carbons (Fsp3) is 0.467. The number of amides is 2. The Labute approximate surface area is 119 Å². The lowest BCUT2D eigenvalue weighted by atomic mass is 10.1. The molecule has 1 fully saturated rings. The van der Waals surface area contributed by atoms with E-state index in [0.29, 0.717) is 30.1 Å². The van der Waals surface area contributed by atoms with Gasteiger partial charge in [-0.15, -0.1) is 0 Å². The number of likely N-dealkylation sites (tertiary alicyclic amines) is 1. The fourth-order valence-electron chi connectivity index (χ4n) is 2.37. The normalized spacial score (nSPS) is 18.1. The monoisotopic (exact) mass is 275 g/mol. The smallest absolute Gasteiger partial charge is 0.253 e. The van der Waals surface area contributed by atoms with Gasteiger partial charge < -0.3 is 16.0 Å². The molecule has 0 bridgehead atoms. The van der Waals surface area contributed by atoms with Gasteiger partial charge in [-0.1, -0.05) is 13.0 Å². The van der Waals surface area contributed by atoms with Crippen molar-refractivity contribution in [2.24, 2.45) is 11.7 Å². The zero-order valence-corrected chi connectivity index (χ0v) is 11.8. The third-order valence-corrected chi connectivity index (χ3v) is 3.62. The summed E-state index contributed by atoms with van der Waals surface area (Å²) < 4.78 is 0. The maximum absolute atomic E-state index is 12.4. The van der Waals surface area contributed by atoms with Crippen LogP contribution in [0.5, 0.6) is 0 Å². The van der Waals surface area contributed by atoms with E-state index >= 15 is 0 Å². The van der Waals surface area contributed by atoms with Gasteiger partial charge in [0, 0.05) is 30.8 Å². The van der Waals surface area contributed by atoms with Crippen molar-refractivity contribution in [1.82, 2.24) is 4.90 Å². The standard InChI is InChI=1S/C15H21N3O2/c1-2-14(19)17-13-5-3-4-12(8-13)15(20)18-7-6-11(9-16)10-18/h3-5,8,11H,2,6-7,9-10,16H2,1H3,(H,17,19). The van der Waals surface area contributed by atoms with Crippen LogP contribution in [0.1, 0.15) is 30.1 Å². The highest BCUT2D eigenvalue weighted by atomic mass is 16.2. The summed E-state index contributed by atoms with van der Waals surface area (Å²) in [5.74, 6) is 0.356. The highest BCUT2D eigenvalue weighted by molar-refractivity contribution is 5.97. The van der Waals surface area contributed by atoms with Crippen LogP contribution in [0, 0.1) is 5.92 Å². The number of nitrogens with zero attached hydrogens (tertiary/aromatic N) is 1. The van der Waals surface area contributed by atoms with Crippen molar-refractivity contribution in [2.75, 3.05) is 25.0 Å². The first-order valence-electron chi connectivity index (χ1n) is 7.03. The minimum Gasteiger partial charge on any atom is -0.338 e. The molecule has 20 heavy (non-hydrogen) atoms. The van der Waals surface area contributed by atoms with Crippen LogP contribution < -0.4 is 11.1 Å². The van der Waals surface area contributed by atoms with Gasteiger partial charge in [0.2, 0.25) is 5.91 Å². The maximum Gasteiger partial charge on any atom is 0.253 e. The van der Waals surface area contributed by atoms with Gasteiger partial charge in [-0.25, -0.2) is 0 Å². The van der Waals surface area contributed by atoms with Crippen molar-refractivity contribution in [3.63, 3.8) is 0 Å². The first-order valence-corrected chi connectivity index (χ1v) is 7.03. The molecule has 0 spiro atoms. The molecule has 2 rings (SSSR count). The number of carbonyl (C=O) groups is 2. The van der Waals surface area contributed by atoms with E-state index in [1.165, 1.54) is 0 Å². The molecule has 108 valence electrons. The van der Waals surface area contributed by atoms with Crippen LogP contribution in [0.25, 0.3) is 0 Å². The summed E-state index contributed by atoms with van der Waals surface area (Å²) in [4.78, 5) is 25.6. The lowest BCUT2D eigenvalue weighted by molar-refractivity contribution is -0.115. The van der Waals surface area contributed by atoms with Crippen LogP contribution in [0.15, 0.2) is 24.3 Å². The summed E-state index contributed by atoms with van der Waals surface area (Å²) in [6.07, 6.45) is 1.39. The molecule has 0 aliphatic carbocycles. The number of carbonyl (C=O) groups excluding carboxylic acids is 2. The van der Waals surface area contributed by atoms with Crippen molar-refractivity contribution in [1.29, 1.82) is 0 Å². The molecule has 1 heterocycles. The molecule has 1 atom stereocenters. The molecular formula is C15H21N3O2. The Hall–Kier alpha value is -1.88. The quantitative estimate of drug-likeness (QED) is 0.873. The Bertz CT molecular complexity index is 502. The first-order chi connectivity index (χ1) is 9.63. The number of hydrogen-bond acceptors (Lipinski definition) is 3. The molecule has 5 nitrogen and oxygen atoms in total. The summed E-state index contributed by atoms with van der Waals surface area (Å²) in [7, 11) is 0. The minimum absolute atomic E-state index is 0.00791. The molecule has 1 aliphatic rings. The van der Waals surface area contributed by atoms with Crippen LogP contribution in [0.3, 0.4) is 0 Å². The van der Waals surface area contributed by atoms with Crippen LogP contribution >= 0.6 is 0 Å². The van der Waals surface area contributed by atoms with Crippen LogP contribution in [-0.2, 0) is 4.79 Å². The molecule has 3 N–H and O–H groups in total. The summed E-state index contributed by atoms with van der Waals surface area (Å²) in [6.45, 7) is 3.89. The number of hydrogen-bond donors (Lipinski definition) is 2. The Kier molecular flexibility index (Phi) is 4.74. The lowest BCUT2D eigenvalue weighted by Gasteiger charge is -2.16. The molecule has 0 radical (unpaired) electrons. The molecular weight excluding hydrogens is 254 g/mol. The van der Waals surface area contributed by atoms with Crippen molar-refractivity contribution in [3.05, 3.63) is 29.8 Å². The molecule has 2 amide bonds. The average Bonchev–Trinajstić information content (AvgIpc) is 2.95. The highest BCUT2D eigenvalue weighted by Gasteiger charge is 2.26. The van der Waals surface area contributed by atoms with E-state index in [1.807, 2.05) is 4.90 Å². The summed E-state index contributed by atoms with van der Waals surface area (Å²) in [5.41, 5.74) is 6.92. The van der Waals surface area contributed by atoms with Gasteiger partial charge >= 0.3 is 0 Å². The van der Waals surface area contributed by atoms with Crippen LogP contribution in [-0.4, -0.2) is 36.3 Å². The highest BCUT2D eigenvalue weighted by Crippen LogP contribution is 2.19. The Morgan fingerprint density at radius 2 is 2.25 bits per heavy atom. The van der Waals surface area contributed by atoms with Crippen molar-refractivity contribution in [2.45, 2.75) is 19.8 Å². The molecule has 0 saturated carbocycles. The number of nitrogens with one attached hydrogen (secondary N) is 1. The van der Waals surface area contributed by atoms with Gasteiger partial charge in [0.25, 0.3) is 5.91 Å². The Balaban J connectivity index is 2.07. The Morgan fingerprint density at radius 3 is 2.90 bits per heavy atom. The largest absolute Gasteiger partial charge is 0.338 e. The molecule has 1 aliphatic heterocycles. The van der Waals surface area contributed by atoms with Crippen LogP contribution in [0.4, 0.5) is 5.69 Å². The third kappa shape index (κ3) is 3.36. The van der Waals surface area contributed by atoms with Crippen LogP contribution in [0.2, 0.25) is 0 Å². The predicted octanol–water partition coefficient (Wildman–Crippen LogP) is 1.46. The van der Waals surface area contributed by atoms with Gasteiger partial charge in [0.1, 0.15) is 0 Å². The number of benzene rings is 1. The SMILES string of the molecule is CCC(=O)Nc1cccc(C(=O)N2CCC(CN)C2)c1. The Morgan fingerprint density at radius 1 is 1.45 bits per heavy atom. The maximum atomic E-state index is 12.4. The van der Waals surface area contributed by atoms with E-state index in [4.69, 9.17) is 5.73 Å². The molecule has 5 heteroatoms. The van der Waals surface area contributed by atoms with E-state index < -0.39 is 0 Å². The van der Waals surface area contributed by atoms with Gasteiger partial charge in [0.05, 0.1) is 0 Å². The second kappa shape index (κ2) is 6.52. The minimum atomic E-state index is -0.0565. The molecule has 0 aromatic heterocycles. The van der Waals surface area contributed by atoms with Gasteiger partial charge in [0.15, 0.2) is 0 Å². The average molecular weight is 275 g/mol. The second-order valence-corrected chi connectivity index (χ2v) is 5.12. The van der Waals surface area contributed by atoms with Gasteiger partial charge in [-0.2, -0.15) is 0 Å². The third-order valence-electron chi connectivity index (χ3n) is 3.62. The predicted molar refractivity (Wildman–Crippen MR) is 78.4 cm³/mol. The summed E-state index contributed by atoms with van der Waals surface area (Å²) in [5, 5.41) is 2.77. The molecule has 1 aromatic carbocycles. The number of rotatable bonds is 4. The topological polar surface area (TPSA) is 75.4 Å². The second-order valence-electron chi connectivity index (χ2n) is 5.12.